The predicted molar refractivity (Wildman–Crippen MR) is 404 cm³/mol. The summed E-state index contributed by atoms with van der Waals surface area (Å²) in [5.41, 5.74) is 7.71. The number of aromatic nitrogens is 3. The molecule has 6 heterocycles. The Morgan fingerprint density at radius 1 is 0.438 bits per heavy atom. The number of ketones is 1. The Hall–Kier alpha value is -8.82. The van der Waals surface area contributed by atoms with Crippen molar-refractivity contribution in [1.82, 2.24) is 46.0 Å². The molecule has 3 aromatic rings. The maximum absolute atomic E-state index is 13.3. The largest absolute Gasteiger partial charge is 0.444 e. The van der Waals surface area contributed by atoms with Crippen LogP contribution in [-0.4, -0.2) is 157 Å². The first kappa shape index (κ1) is 85.1. The molecule has 0 bridgehead atoms. The van der Waals surface area contributed by atoms with Gasteiger partial charge in [-0.3, -0.25) is 53.8 Å². The monoisotopic (exact) mass is 1460 g/mol. The highest BCUT2D eigenvalue weighted by Gasteiger charge is 2.41. The van der Waals surface area contributed by atoms with Gasteiger partial charge in [-0.2, -0.15) is 0 Å². The minimum absolute atomic E-state index is 0.00538. The van der Waals surface area contributed by atoms with E-state index in [2.05, 4.69) is 83.6 Å². The van der Waals surface area contributed by atoms with Crippen LogP contribution < -0.4 is 53.6 Å². The molecule has 3 saturated heterocycles. The van der Waals surface area contributed by atoms with E-state index in [1.165, 1.54) is 64.7 Å². The fraction of sp³-hybridized carbons (Fsp3) is 0.662. The number of nitrogens with one attached hydrogen (secondary N) is 9. The van der Waals surface area contributed by atoms with Crippen molar-refractivity contribution in [3.05, 3.63) is 53.5 Å². The van der Waals surface area contributed by atoms with Crippen LogP contribution in [0.25, 0.3) is 0 Å². The zero-order valence-electron chi connectivity index (χ0n) is 64.9. The second-order valence-corrected chi connectivity index (χ2v) is 31.9. The second kappa shape index (κ2) is 39.5. The van der Waals surface area contributed by atoms with E-state index in [1.807, 2.05) is 0 Å². The molecule has 9 rings (SSSR count). The van der Waals surface area contributed by atoms with Gasteiger partial charge in [0, 0.05) is 77.0 Å². The van der Waals surface area contributed by atoms with Gasteiger partial charge in [-0.05, 0) is 255 Å². The summed E-state index contributed by atoms with van der Waals surface area (Å²) < 4.78 is 10.4. The zero-order valence-corrected chi connectivity index (χ0v) is 64.9. The summed E-state index contributed by atoms with van der Waals surface area (Å²) in [7, 11) is 0. The summed E-state index contributed by atoms with van der Waals surface area (Å²) >= 11 is 0. The SMILES string of the molecule is CC(=O)C(=O)Nc1cnc(NC(=O)OC(C)(C)C)c(C)c1.CC(=O)NC1CCC(C2CCC(C)CN2)CC1.CC(=O)NC1CCC([C@@H]2CC[C@@H](C)CN2C(=O)C(=O)Nc2cnc(N)c(C)c2)CC1.CC(=O)NC1CCC([C@@H]2CC[C@@H](C)CN2C(=O)C(=O)Nc2cnc(NC(=O)OC(C)(C)C)c(C)c2)CC1. The number of piperidine rings is 3. The van der Waals surface area contributed by atoms with Gasteiger partial charge < -0.3 is 62.2 Å². The topological polar surface area (TPSA) is 386 Å². The minimum Gasteiger partial charge on any atom is -0.444 e. The van der Waals surface area contributed by atoms with Gasteiger partial charge in [-0.25, -0.2) is 24.5 Å². The van der Waals surface area contributed by atoms with Gasteiger partial charge in [0.25, 0.3) is 5.91 Å². The first-order chi connectivity index (χ1) is 49.3. The molecular formula is C77H119N15O13. The lowest BCUT2D eigenvalue weighted by molar-refractivity contribution is -0.148. The van der Waals surface area contributed by atoms with Crippen molar-refractivity contribution < 1.29 is 62.2 Å². The molecule has 28 nitrogen and oxygen atoms in total. The summed E-state index contributed by atoms with van der Waals surface area (Å²) in [6.45, 7) is 30.6. The van der Waals surface area contributed by atoms with Crippen molar-refractivity contribution in [2.24, 2.45) is 35.5 Å². The van der Waals surface area contributed by atoms with Crippen LogP contribution in [0.3, 0.4) is 0 Å². The Morgan fingerprint density at radius 3 is 1.10 bits per heavy atom. The molecule has 0 spiro atoms. The van der Waals surface area contributed by atoms with Crippen LogP contribution in [-0.2, 0) is 52.6 Å². The van der Waals surface area contributed by atoms with Crippen molar-refractivity contribution in [2.45, 2.75) is 274 Å². The molecule has 3 aliphatic carbocycles. The highest BCUT2D eigenvalue weighted by molar-refractivity contribution is 6.40. The highest BCUT2D eigenvalue weighted by atomic mass is 16.6. The molecule has 0 aromatic carbocycles. The molecule has 6 fully saturated rings. The van der Waals surface area contributed by atoms with Crippen LogP contribution in [0.15, 0.2) is 36.8 Å². The van der Waals surface area contributed by atoms with Crippen molar-refractivity contribution in [2.75, 3.05) is 52.0 Å². The van der Waals surface area contributed by atoms with Crippen LogP contribution in [0.4, 0.5) is 44.1 Å². The number of hydrogen-bond donors (Lipinski definition) is 10. The first-order valence-electron chi connectivity index (χ1n) is 37.6. The van der Waals surface area contributed by atoms with Gasteiger partial charge in [0.05, 0.1) is 35.7 Å². The maximum atomic E-state index is 13.3. The average molecular weight is 1460 g/mol. The summed E-state index contributed by atoms with van der Waals surface area (Å²) in [4.78, 5) is 147. The van der Waals surface area contributed by atoms with E-state index in [4.69, 9.17) is 15.2 Å². The number of pyridine rings is 3. The summed E-state index contributed by atoms with van der Waals surface area (Å²) in [6.07, 6.45) is 21.8. The third kappa shape index (κ3) is 28.5. The third-order valence-electron chi connectivity index (χ3n) is 20.1. The number of hydrogen-bond acceptors (Lipinski definition) is 18. The average Bonchev–Trinajstić information content (AvgIpc) is 0.810. The molecular weight excluding hydrogens is 1340 g/mol. The van der Waals surface area contributed by atoms with Crippen LogP contribution in [0.1, 0.15) is 222 Å². The van der Waals surface area contributed by atoms with E-state index in [9.17, 15) is 52.7 Å². The first-order valence-corrected chi connectivity index (χ1v) is 37.6. The molecule has 3 saturated carbocycles. The van der Waals surface area contributed by atoms with Gasteiger partial charge in [0.1, 0.15) is 28.7 Å². The number of likely N-dealkylation sites (tertiary alicyclic amines) is 2. The standard InChI is InChI=1S/C27H41N5O5.C22H33N5O3.C14H19N3O4.C14H26N2O/c1-16-7-12-22(19-8-10-20(11-9-19)29-18(3)33)32(15-16)25(35)24(34)30-21-13-17(2)23(28-14-21)31-26(36)37-27(4,5)6;1-13-4-9-19(16-5-7-17(8-6-16)25-15(3)28)27(12-13)22(30)21(29)26-18-10-14(2)20(23)24-11-18;1-8-6-10(16-12(19)9(2)18)7-15-11(8)17-13(20)21-14(3,4)5;1-10-3-8-14(15-9-10)12-4-6-13(7-5-12)16-11(2)17/h13-14,16,19-20,22H,7-12,15H2,1-6H3,(H,29,33)(H,30,34)(H,28,31,36);10-11,13,16-17,19H,4-9,12H2,1-3H3,(H2,23,24)(H,25,28)(H,26,29);6-7H,1-5H3,(H,16,19)(H,15,17,20);10,12-15H,3-9H2,1-2H3,(H,16,17)/t16-,19?,20?,22+;13-,16?,17?,19+;;/m11../s1. The van der Waals surface area contributed by atoms with Crippen molar-refractivity contribution in [1.29, 1.82) is 0 Å². The summed E-state index contributed by atoms with van der Waals surface area (Å²) in [5, 5.41) is 25.6. The van der Waals surface area contributed by atoms with Gasteiger partial charge in [0.15, 0.2) is 0 Å². The normalized spacial score (nSPS) is 24.5. The van der Waals surface area contributed by atoms with E-state index < -0.39 is 58.7 Å². The van der Waals surface area contributed by atoms with Crippen molar-refractivity contribution in [3.63, 3.8) is 0 Å². The molecule has 580 valence electrons. The van der Waals surface area contributed by atoms with Crippen LogP contribution >= 0.6 is 0 Å². The van der Waals surface area contributed by atoms with E-state index in [0.29, 0.717) is 88.4 Å². The zero-order chi connectivity index (χ0) is 77.6. The quantitative estimate of drug-likeness (QED) is 0.0753. The lowest BCUT2D eigenvalue weighted by Gasteiger charge is -2.44. The van der Waals surface area contributed by atoms with Crippen LogP contribution in [0.5, 0.6) is 0 Å². The number of rotatable bonds is 12. The number of amides is 10. The van der Waals surface area contributed by atoms with Crippen LogP contribution in [0, 0.1) is 56.3 Å². The number of aryl methyl sites for hydroxylation is 3. The molecule has 6 aliphatic rings. The van der Waals surface area contributed by atoms with E-state index >= 15 is 0 Å². The lowest BCUT2D eigenvalue weighted by Crippen LogP contribution is -2.54. The predicted octanol–water partition coefficient (Wildman–Crippen LogP) is 10.6. The molecule has 3 aliphatic heterocycles. The number of Topliss-reactive ketones (excluding diaryl/α,β-unsaturated/α-hetero) is 1. The number of nitrogens with two attached hydrogens (primary N) is 1. The van der Waals surface area contributed by atoms with Crippen molar-refractivity contribution >= 4 is 99.7 Å². The summed E-state index contributed by atoms with van der Waals surface area (Å²) in [6, 6.07) is 6.65. The Kier molecular flexibility index (Phi) is 32.0. The Labute approximate surface area is 620 Å². The Bertz CT molecular complexity index is 3510. The van der Waals surface area contributed by atoms with Gasteiger partial charge in [-0.15, -0.1) is 0 Å². The number of carbonyl (C=O) groups excluding carboxylic acids is 11. The summed E-state index contributed by atoms with van der Waals surface area (Å²) in [5.74, 6) is 0.567. The number of nitrogen functional groups attached to an aromatic ring is 1. The van der Waals surface area contributed by atoms with Gasteiger partial charge in [-0.1, -0.05) is 20.8 Å². The molecule has 10 amide bonds. The Balaban J connectivity index is 0.000000229. The highest BCUT2D eigenvalue weighted by Crippen LogP contribution is 2.38. The fourth-order valence-electron chi connectivity index (χ4n) is 14.9. The molecule has 6 atom stereocenters. The molecule has 105 heavy (non-hydrogen) atoms. The maximum Gasteiger partial charge on any atom is 0.413 e. The number of carbonyl (C=O) groups is 11. The smallest absolute Gasteiger partial charge is 0.413 e. The molecule has 0 radical (unpaired) electrons. The van der Waals surface area contributed by atoms with Crippen LogP contribution in [0.2, 0.25) is 0 Å². The van der Waals surface area contributed by atoms with E-state index in [-0.39, 0.29) is 41.9 Å². The van der Waals surface area contributed by atoms with E-state index in [0.717, 1.165) is 113 Å². The fourth-order valence-corrected chi connectivity index (χ4v) is 14.9. The lowest BCUT2D eigenvalue weighted by atomic mass is 9.77. The second-order valence-electron chi connectivity index (χ2n) is 31.9. The molecule has 28 heteroatoms. The van der Waals surface area contributed by atoms with Gasteiger partial charge in [0.2, 0.25) is 23.5 Å². The van der Waals surface area contributed by atoms with Crippen molar-refractivity contribution in [3.8, 4) is 0 Å². The molecule has 3 aromatic heterocycles. The molecule has 2 unspecified atom stereocenters. The number of ether oxygens (including phenoxy) is 2. The van der Waals surface area contributed by atoms with Gasteiger partial charge >= 0.3 is 35.8 Å². The number of nitrogens with zero attached hydrogens (tertiary/aromatic N) is 5. The molecule has 11 N–H and O–H groups in total. The minimum atomic E-state index is -0.718. The third-order valence-corrected chi connectivity index (χ3v) is 20.1. The Morgan fingerprint density at radius 2 is 0.781 bits per heavy atom. The number of anilines is 6. The van der Waals surface area contributed by atoms with E-state index in [1.54, 1.807) is 104 Å².